The van der Waals surface area contributed by atoms with Crippen molar-refractivity contribution in [3.8, 4) is 0 Å². The summed E-state index contributed by atoms with van der Waals surface area (Å²) in [5.41, 5.74) is 1.14. The van der Waals surface area contributed by atoms with Crippen LogP contribution in [0.2, 0.25) is 0 Å². The third-order valence-electron chi connectivity index (χ3n) is 8.52. The van der Waals surface area contributed by atoms with Crippen LogP contribution in [0.3, 0.4) is 0 Å². The second kappa shape index (κ2) is 31.6. The number of benzene rings is 4. The molecular weight excluding hydrogens is 1080 g/mol. The monoisotopic (exact) mass is 1110 g/mol. The molecule has 0 aliphatic heterocycles. The molecule has 2 heterocycles. The quantitative estimate of drug-likeness (QED) is 0.00697. The van der Waals surface area contributed by atoms with Gasteiger partial charge < -0.3 is 56.0 Å². The van der Waals surface area contributed by atoms with Crippen LogP contribution in [0, 0.1) is 0 Å². The standard InChI is InChI=1S/C36H36N12O16S4.4Na/c49-17-15-47(16-18-50)35-43-31(38-24-9-13-28(14-10-24)67(55,56)57)41-33(44-35)39-25-5-3-21(29(19-25)66-64-62-54)1-2-22-4-6-26(20-30(22)68(58,59)60)40-34-42-32(45-36(46-34)48(51)52)37-23-7-11-27(12-8-23)65-63-61-53;;;;/h1-14,19-20,49-54H,15-18H2,(H,55,56,57)(H,58,59,60)(H2,37,40,42,45,46)(H2,38,39,41,43,44);;;;/q;4*+1/p-4/b2-1+;;;;. The minimum absolute atomic E-state index is 0. The van der Waals surface area contributed by atoms with E-state index < -0.39 is 41.2 Å². The average molecular weight is 1110 g/mol. The van der Waals surface area contributed by atoms with Crippen molar-refractivity contribution < 1.29 is 194 Å². The predicted molar refractivity (Wildman–Crippen MR) is 232 cm³/mol. The first-order chi connectivity index (χ1) is 32.5. The van der Waals surface area contributed by atoms with E-state index in [2.05, 4.69) is 69.9 Å². The summed E-state index contributed by atoms with van der Waals surface area (Å²) in [4.78, 5) is 26.0. The fourth-order valence-corrected chi connectivity index (χ4v) is 7.65. The molecule has 28 nitrogen and oxygen atoms in total. The summed E-state index contributed by atoms with van der Waals surface area (Å²) in [6, 6.07) is 19.1. The Morgan fingerprint density at radius 1 is 0.556 bits per heavy atom. The summed E-state index contributed by atoms with van der Waals surface area (Å²) >= 11 is 1.11. The second-order valence-corrected chi connectivity index (χ2v) is 17.3. The van der Waals surface area contributed by atoms with E-state index in [1.54, 1.807) is 12.1 Å². The summed E-state index contributed by atoms with van der Waals surface area (Å²) in [5.74, 6) is -1.39. The van der Waals surface area contributed by atoms with Gasteiger partial charge in [0.05, 0.1) is 47.1 Å². The van der Waals surface area contributed by atoms with Gasteiger partial charge in [0.25, 0.3) is 5.95 Å². The number of hydrogen-bond donors (Lipinski definition) is 8. The molecule has 0 atom stereocenters. The predicted octanol–water partition coefficient (Wildman–Crippen LogP) is -10.1. The van der Waals surface area contributed by atoms with Gasteiger partial charge in [-0.1, -0.05) is 29.5 Å². The van der Waals surface area contributed by atoms with Gasteiger partial charge >= 0.3 is 118 Å². The number of anilines is 10. The van der Waals surface area contributed by atoms with Crippen LogP contribution in [0.25, 0.3) is 12.2 Å². The van der Waals surface area contributed by atoms with E-state index in [0.717, 1.165) is 18.2 Å². The molecular formula is C36H32N12Na4O16S4. The summed E-state index contributed by atoms with van der Waals surface area (Å²) in [6.07, 6.45) is 2.68. The van der Waals surface area contributed by atoms with E-state index in [9.17, 15) is 57.1 Å². The van der Waals surface area contributed by atoms with Crippen LogP contribution in [-0.2, 0) is 39.0 Å². The van der Waals surface area contributed by atoms with Gasteiger partial charge in [0.2, 0.25) is 29.7 Å². The molecule has 0 saturated heterocycles. The summed E-state index contributed by atoms with van der Waals surface area (Å²) in [5, 5.41) is 77.4. The Morgan fingerprint density at radius 2 is 0.986 bits per heavy atom. The first-order valence-electron chi connectivity index (χ1n) is 18.6. The normalized spacial score (nSPS) is 11.1. The van der Waals surface area contributed by atoms with Crippen LogP contribution >= 0.6 is 24.1 Å². The number of nitrogens with one attached hydrogen (secondary N) is 4. The maximum atomic E-state index is 12.6. The van der Waals surface area contributed by atoms with Crippen LogP contribution in [-0.4, -0.2) is 103 Å². The molecule has 6 aromatic rings. The van der Waals surface area contributed by atoms with Crippen molar-refractivity contribution in [1.29, 1.82) is 0 Å². The summed E-state index contributed by atoms with van der Waals surface area (Å²) in [7, 11) is -9.89. The van der Waals surface area contributed by atoms with Gasteiger partial charge in [-0.25, -0.2) is 16.8 Å². The van der Waals surface area contributed by atoms with E-state index in [-0.39, 0.29) is 202 Å². The Kier molecular flexibility index (Phi) is 28.8. The molecule has 6 rings (SSSR count). The smallest absolute Gasteiger partial charge is 0.744 e. The molecule has 0 aliphatic carbocycles. The summed E-state index contributed by atoms with van der Waals surface area (Å²) < 4.78 is 80.7. The number of aliphatic hydroxyl groups excluding tert-OH is 2. The Labute approximate surface area is 506 Å². The van der Waals surface area contributed by atoms with Crippen molar-refractivity contribution in [2.75, 3.05) is 57.7 Å². The molecule has 0 radical (unpaired) electrons. The minimum Gasteiger partial charge on any atom is -0.744 e. The van der Waals surface area contributed by atoms with Gasteiger partial charge in [-0.2, -0.15) is 38.6 Å². The van der Waals surface area contributed by atoms with Crippen molar-refractivity contribution in [3.05, 3.63) is 96.1 Å². The van der Waals surface area contributed by atoms with E-state index >= 15 is 0 Å². The molecule has 8 N–H and O–H groups in total. The Balaban J connectivity index is 0.00000444. The van der Waals surface area contributed by atoms with Crippen LogP contribution in [0.1, 0.15) is 11.1 Å². The zero-order valence-electron chi connectivity index (χ0n) is 38.0. The van der Waals surface area contributed by atoms with Crippen molar-refractivity contribution in [2.24, 2.45) is 0 Å². The topological polar surface area (TPSA) is 410 Å². The molecule has 0 saturated carbocycles. The molecule has 0 amide bonds. The van der Waals surface area contributed by atoms with Crippen LogP contribution in [0.15, 0.2) is 105 Å². The SMILES string of the molecule is O=S(=O)([O-])c1ccc(Nc2nc(Nc3ccc(/C=C/c4ccc(Nc5nc(Nc6ccc(SOO[O-])cc6)nc(N(O)O)n5)cc4S(=O)(=O)[O-])c(SOO[O-])c3)nc(N(CCO)CCO)n2)cc1.[Na+].[Na+].[Na+].[Na+]. The fraction of sp³-hybridized carbons (Fsp3) is 0.111. The Morgan fingerprint density at radius 3 is 1.46 bits per heavy atom. The summed E-state index contributed by atoms with van der Waals surface area (Å²) in [6.45, 7) is -0.659. The molecule has 2 aromatic heterocycles. The number of aromatic nitrogens is 6. The van der Waals surface area contributed by atoms with E-state index in [0.29, 0.717) is 40.2 Å². The molecule has 36 heteroatoms. The van der Waals surface area contributed by atoms with Gasteiger partial charge in [-0.05, 0) is 83.9 Å². The van der Waals surface area contributed by atoms with Gasteiger partial charge in [0.1, 0.15) is 20.2 Å². The Hall–Kier alpha value is -2.44. The number of rotatable bonds is 24. The molecule has 72 heavy (non-hydrogen) atoms. The van der Waals surface area contributed by atoms with Gasteiger partial charge in [0.15, 0.2) is 0 Å². The Bertz CT molecular complexity index is 2950. The number of hydrogen-bond acceptors (Lipinski definition) is 30. The average Bonchev–Trinajstić information content (AvgIpc) is 3.30. The van der Waals surface area contributed by atoms with Crippen LogP contribution in [0.5, 0.6) is 0 Å². The van der Waals surface area contributed by atoms with E-state index in [4.69, 9.17) is 0 Å². The van der Waals surface area contributed by atoms with Crippen molar-refractivity contribution >= 4 is 115 Å². The zero-order valence-corrected chi connectivity index (χ0v) is 49.2. The minimum atomic E-state index is -5.17. The molecule has 0 spiro atoms. The van der Waals surface area contributed by atoms with Gasteiger partial charge in [0, 0.05) is 45.6 Å². The van der Waals surface area contributed by atoms with Crippen molar-refractivity contribution in [3.63, 3.8) is 0 Å². The van der Waals surface area contributed by atoms with Crippen molar-refractivity contribution in [2.45, 2.75) is 19.6 Å². The van der Waals surface area contributed by atoms with E-state index in [1.807, 2.05) is 0 Å². The molecule has 360 valence electrons. The first kappa shape index (κ1) is 65.7. The molecule has 0 aliphatic rings. The van der Waals surface area contributed by atoms with E-state index in [1.165, 1.54) is 71.6 Å². The van der Waals surface area contributed by atoms with Crippen molar-refractivity contribution in [1.82, 2.24) is 29.9 Å². The molecule has 0 bridgehead atoms. The second-order valence-electron chi connectivity index (χ2n) is 13.0. The van der Waals surface area contributed by atoms with Crippen LogP contribution in [0.4, 0.5) is 58.4 Å². The third-order valence-corrected chi connectivity index (χ3v) is 11.5. The zero-order chi connectivity index (χ0) is 48.8. The maximum absolute atomic E-state index is 12.6. The number of nitrogens with zero attached hydrogens (tertiary/aromatic N) is 8. The fourth-order valence-electron chi connectivity index (χ4n) is 5.62. The number of aliphatic hydroxyl groups is 2. The molecule has 0 unspecified atom stereocenters. The largest absolute Gasteiger partial charge is 1.00 e. The first-order valence-corrected chi connectivity index (χ1v) is 22.9. The third kappa shape index (κ3) is 19.9. The maximum Gasteiger partial charge on any atom is 1.00 e. The van der Waals surface area contributed by atoms with Gasteiger partial charge in [-0.15, -0.1) is 0 Å². The van der Waals surface area contributed by atoms with Gasteiger partial charge in [-0.3, -0.25) is 20.5 Å². The van der Waals surface area contributed by atoms with Crippen LogP contribution < -0.4 is 160 Å². The molecule has 4 aromatic carbocycles. The molecule has 0 fully saturated rings.